The van der Waals surface area contributed by atoms with Crippen molar-refractivity contribution in [2.75, 3.05) is 13.1 Å². The van der Waals surface area contributed by atoms with Crippen molar-refractivity contribution < 1.29 is 14.7 Å². The third-order valence-electron chi connectivity index (χ3n) is 2.91. The summed E-state index contributed by atoms with van der Waals surface area (Å²) in [6, 6.07) is 6.80. The molecule has 0 saturated heterocycles. The topological polar surface area (TPSA) is 88.3 Å². The summed E-state index contributed by atoms with van der Waals surface area (Å²) < 4.78 is 1.58. The Morgan fingerprint density at radius 3 is 2.52 bits per heavy atom. The van der Waals surface area contributed by atoms with Gasteiger partial charge < -0.3 is 10.0 Å². The maximum atomic E-state index is 12.3. The quantitative estimate of drug-likeness (QED) is 0.863. The van der Waals surface area contributed by atoms with Gasteiger partial charge in [-0.3, -0.25) is 9.59 Å². The molecular formula is C14H16N4O3. The molecule has 0 saturated carbocycles. The molecular weight excluding hydrogens is 272 g/mol. The zero-order chi connectivity index (χ0) is 15.2. The van der Waals surface area contributed by atoms with Gasteiger partial charge in [-0.05, 0) is 30.7 Å². The highest BCUT2D eigenvalue weighted by Crippen LogP contribution is 2.11. The second kappa shape index (κ2) is 6.65. The minimum atomic E-state index is -1.02. The number of aliphatic carboxylic acids is 1. The first-order valence-electron chi connectivity index (χ1n) is 6.59. The van der Waals surface area contributed by atoms with E-state index in [0.717, 1.165) is 5.69 Å². The van der Waals surface area contributed by atoms with Gasteiger partial charge in [0, 0.05) is 12.1 Å². The lowest BCUT2D eigenvalue weighted by Gasteiger charge is -2.20. The van der Waals surface area contributed by atoms with Crippen molar-refractivity contribution in [2.24, 2.45) is 0 Å². The summed E-state index contributed by atoms with van der Waals surface area (Å²) in [5.74, 6) is -1.31. The summed E-state index contributed by atoms with van der Waals surface area (Å²) >= 11 is 0. The smallest absolute Gasteiger partial charge is 0.323 e. The van der Waals surface area contributed by atoms with E-state index in [4.69, 9.17) is 5.11 Å². The van der Waals surface area contributed by atoms with E-state index in [9.17, 15) is 9.59 Å². The maximum absolute atomic E-state index is 12.3. The van der Waals surface area contributed by atoms with Gasteiger partial charge in [0.2, 0.25) is 0 Å². The first-order chi connectivity index (χ1) is 10.1. The van der Waals surface area contributed by atoms with Crippen LogP contribution in [-0.2, 0) is 4.79 Å². The van der Waals surface area contributed by atoms with E-state index in [1.807, 2.05) is 6.92 Å². The molecule has 1 heterocycles. The predicted octanol–water partition coefficient (Wildman–Crippen LogP) is 1.20. The Balaban J connectivity index is 2.16. The van der Waals surface area contributed by atoms with Crippen LogP contribution in [0.25, 0.3) is 5.69 Å². The molecule has 7 heteroatoms. The summed E-state index contributed by atoms with van der Waals surface area (Å²) in [7, 11) is 0. The molecule has 1 amide bonds. The SMILES string of the molecule is CCCN(CC(=O)O)C(=O)c1ccc(-n2ccnn2)cc1. The number of carbonyl (C=O) groups is 2. The van der Waals surface area contributed by atoms with E-state index in [2.05, 4.69) is 10.3 Å². The van der Waals surface area contributed by atoms with Crippen molar-refractivity contribution >= 4 is 11.9 Å². The molecule has 2 aromatic rings. The monoisotopic (exact) mass is 288 g/mol. The molecule has 1 aromatic heterocycles. The fourth-order valence-electron chi connectivity index (χ4n) is 1.97. The second-order valence-electron chi connectivity index (χ2n) is 4.51. The Hall–Kier alpha value is -2.70. The standard InChI is InChI=1S/C14H16N4O3/c1-2-8-17(10-13(19)20)14(21)11-3-5-12(6-4-11)18-9-7-15-16-18/h3-7,9H,2,8,10H2,1H3,(H,19,20). The number of aromatic nitrogens is 3. The Morgan fingerprint density at radius 1 is 1.29 bits per heavy atom. The Morgan fingerprint density at radius 2 is 2.00 bits per heavy atom. The number of hydrogen-bond acceptors (Lipinski definition) is 4. The Labute approximate surface area is 121 Å². The lowest BCUT2D eigenvalue weighted by atomic mass is 10.1. The molecule has 1 aromatic carbocycles. The first kappa shape index (κ1) is 14.7. The van der Waals surface area contributed by atoms with Gasteiger partial charge in [-0.1, -0.05) is 12.1 Å². The lowest BCUT2D eigenvalue weighted by molar-refractivity contribution is -0.137. The van der Waals surface area contributed by atoms with Crippen LogP contribution >= 0.6 is 0 Å². The van der Waals surface area contributed by atoms with E-state index in [0.29, 0.717) is 18.5 Å². The minimum Gasteiger partial charge on any atom is -0.480 e. The van der Waals surface area contributed by atoms with Crippen molar-refractivity contribution in [3.63, 3.8) is 0 Å². The average molecular weight is 288 g/mol. The molecule has 0 aliphatic rings. The van der Waals surface area contributed by atoms with Crippen molar-refractivity contribution in [2.45, 2.75) is 13.3 Å². The van der Waals surface area contributed by atoms with Crippen LogP contribution in [0.3, 0.4) is 0 Å². The summed E-state index contributed by atoms with van der Waals surface area (Å²) in [6.45, 7) is 2.02. The van der Waals surface area contributed by atoms with E-state index < -0.39 is 5.97 Å². The van der Waals surface area contributed by atoms with E-state index in [-0.39, 0.29) is 12.5 Å². The van der Waals surface area contributed by atoms with Crippen LogP contribution in [0.5, 0.6) is 0 Å². The van der Waals surface area contributed by atoms with Crippen LogP contribution in [0.15, 0.2) is 36.7 Å². The third-order valence-corrected chi connectivity index (χ3v) is 2.91. The second-order valence-corrected chi connectivity index (χ2v) is 4.51. The zero-order valence-electron chi connectivity index (χ0n) is 11.6. The molecule has 0 bridgehead atoms. The largest absolute Gasteiger partial charge is 0.480 e. The fourth-order valence-corrected chi connectivity index (χ4v) is 1.97. The molecule has 0 radical (unpaired) electrons. The third kappa shape index (κ3) is 3.65. The zero-order valence-corrected chi connectivity index (χ0v) is 11.6. The molecule has 7 nitrogen and oxygen atoms in total. The van der Waals surface area contributed by atoms with Gasteiger partial charge >= 0.3 is 5.97 Å². The van der Waals surface area contributed by atoms with E-state index in [1.165, 1.54) is 4.90 Å². The number of amides is 1. The number of nitrogens with zero attached hydrogens (tertiary/aromatic N) is 4. The fraction of sp³-hybridized carbons (Fsp3) is 0.286. The number of rotatable bonds is 6. The molecule has 110 valence electrons. The number of carboxylic acids is 1. The lowest BCUT2D eigenvalue weighted by Crippen LogP contribution is -2.36. The molecule has 0 aliphatic carbocycles. The van der Waals surface area contributed by atoms with Gasteiger partial charge in [-0.15, -0.1) is 5.10 Å². The van der Waals surface area contributed by atoms with Gasteiger partial charge in [0.25, 0.3) is 5.91 Å². The van der Waals surface area contributed by atoms with Crippen LogP contribution in [0.1, 0.15) is 23.7 Å². The van der Waals surface area contributed by atoms with Crippen LogP contribution in [-0.4, -0.2) is 50.0 Å². The molecule has 2 rings (SSSR count). The average Bonchev–Trinajstić information content (AvgIpc) is 3.00. The van der Waals surface area contributed by atoms with Gasteiger partial charge in [0.05, 0.1) is 18.1 Å². The van der Waals surface area contributed by atoms with Crippen molar-refractivity contribution in [1.82, 2.24) is 19.9 Å². The van der Waals surface area contributed by atoms with Crippen LogP contribution in [0, 0.1) is 0 Å². The molecule has 1 N–H and O–H groups in total. The summed E-state index contributed by atoms with van der Waals surface area (Å²) in [5.41, 5.74) is 1.23. The maximum Gasteiger partial charge on any atom is 0.323 e. The van der Waals surface area contributed by atoms with E-state index >= 15 is 0 Å². The van der Waals surface area contributed by atoms with Crippen LogP contribution in [0.4, 0.5) is 0 Å². The van der Waals surface area contributed by atoms with Crippen molar-refractivity contribution in [1.29, 1.82) is 0 Å². The first-order valence-corrected chi connectivity index (χ1v) is 6.59. The van der Waals surface area contributed by atoms with Gasteiger partial charge in [-0.25, -0.2) is 4.68 Å². The van der Waals surface area contributed by atoms with Crippen LogP contribution in [0.2, 0.25) is 0 Å². The predicted molar refractivity (Wildman–Crippen MR) is 75.2 cm³/mol. The normalized spacial score (nSPS) is 10.3. The molecule has 0 aliphatic heterocycles. The number of benzene rings is 1. The Bertz CT molecular complexity index is 608. The van der Waals surface area contributed by atoms with Gasteiger partial charge in [0.1, 0.15) is 6.54 Å². The molecule has 21 heavy (non-hydrogen) atoms. The Kier molecular flexibility index (Phi) is 4.65. The number of carbonyl (C=O) groups excluding carboxylic acids is 1. The number of carboxylic acid groups (broad SMARTS) is 1. The highest BCUT2D eigenvalue weighted by molar-refractivity contribution is 5.96. The highest BCUT2D eigenvalue weighted by Gasteiger charge is 2.17. The van der Waals surface area contributed by atoms with Crippen molar-refractivity contribution in [3.05, 3.63) is 42.2 Å². The summed E-state index contributed by atoms with van der Waals surface area (Å²) in [6.07, 6.45) is 3.97. The highest BCUT2D eigenvalue weighted by atomic mass is 16.4. The minimum absolute atomic E-state index is 0.288. The summed E-state index contributed by atoms with van der Waals surface area (Å²) in [5, 5.41) is 16.4. The number of hydrogen-bond donors (Lipinski definition) is 1. The van der Waals surface area contributed by atoms with Crippen LogP contribution < -0.4 is 0 Å². The van der Waals surface area contributed by atoms with E-state index in [1.54, 1.807) is 41.3 Å². The molecule has 0 unspecified atom stereocenters. The molecule has 0 spiro atoms. The van der Waals surface area contributed by atoms with Crippen molar-refractivity contribution in [3.8, 4) is 5.69 Å². The van der Waals surface area contributed by atoms with Gasteiger partial charge in [0.15, 0.2) is 0 Å². The summed E-state index contributed by atoms with van der Waals surface area (Å²) in [4.78, 5) is 24.4. The molecule has 0 fully saturated rings. The molecule has 0 atom stereocenters. The van der Waals surface area contributed by atoms with Gasteiger partial charge in [-0.2, -0.15) is 0 Å².